The SMILES string of the molecule is CC(C)C[C@H](NC(=O)[C@H](C)N(C(=O)Nc1ccccc1)c1cc(Cl)cs1)C(=O)N[C@@H](Cc1ccccc1)C(=O)O. The molecule has 3 atom stereocenters. The number of rotatable bonds is 12. The van der Waals surface area contributed by atoms with E-state index >= 15 is 0 Å². The third-order valence-electron chi connectivity index (χ3n) is 6.04. The number of carbonyl (C=O) groups is 4. The van der Waals surface area contributed by atoms with Gasteiger partial charge in [-0.05, 0) is 43.0 Å². The van der Waals surface area contributed by atoms with Crippen molar-refractivity contribution in [2.24, 2.45) is 5.92 Å². The molecule has 0 fully saturated rings. The molecule has 1 heterocycles. The Morgan fingerprint density at radius 1 is 0.900 bits per heavy atom. The van der Waals surface area contributed by atoms with Crippen LogP contribution in [0.5, 0.6) is 0 Å². The van der Waals surface area contributed by atoms with Gasteiger partial charge in [0.2, 0.25) is 11.8 Å². The topological polar surface area (TPSA) is 128 Å². The summed E-state index contributed by atoms with van der Waals surface area (Å²) in [4.78, 5) is 53.2. The minimum absolute atomic E-state index is 0.0114. The number of carboxylic acid groups (broad SMARTS) is 1. The number of aliphatic carboxylic acids is 1. The molecule has 0 unspecified atom stereocenters. The Balaban J connectivity index is 1.78. The zero-order valence-electron chi connectivity index (χ0n) is 22.5. The lowest BCUT2D eigenvalue weighted by Gasteiger charge is -2.29. The van der Waals surface area contributed by atoms with Crippen LogP contribution in [0, 0.1) is 5.92 Å². The molecule has 0 aliphatic carbocycles. The number of hydrogen-bond acceptors (Lipinski definition) is 5. The number of nitrogens with one attached hydrogen (secondary N) is 3. The quantitative estimate of drug-likeness (QED) is 0.233. The van der Waals surface area contributed by atoms with E-state index in [0.717, 1.165) is 5.56 Å². The Bertz CT molecular complexity index is 1300. The summed E-state index contributed by atoms with van der Waals surface area (Å²) in [5.41, 5.74) is 1.30. The Labute approximate surface area is 242 Å². The van der Waals surface area contributed by atoms with E-state index in [1.165, 1.54) is 16.2 Å². The summed E-state index contributed by atoms with van der Waals surface area (Å²) < 4.78 is 0. The number of urea groups is 1. The first-order valence-corrected chi connectivity index (χ1v) is 14.1. The van der Waals surface area contributed by atoms with Crippen LogP contribution in [0.15, 0.2) is 72.1 Å². The molecule has 2 aromatic carbocycles. The van der Waals surface area contributed by atoms with Gasteiger partial charge in [-0.3, -0.25) is 14.5 Å². The number of nitrogens with zero attached hydrogens (tertiary/aromatic N) is 1. The molecule has 212 valence electrons. The van der Waals surface area contributed by atoms with Crippen LogP contribution in [-0.4, -0.2) is 47.0 Å². The van der Waals surface area contributed by atoms with E-state index < -0.39 is 41.9 Å². The summed E-state index contributed by atoms with van der Waals surface area (Å²) in [6.07, 6.45) is 0.357. The lowest BCUT2D eigenvalue weighted by atomic mass is 10.0. The van der Waals surface area contributed by atoms with E-state index in [1.54, 1.807) is 66.9 Å². The molecule has 0 radical (unpaired) electrons. The smallest absolute Gasteiger partial charge is 0.327 e. The second kappa shape index (κ2) is 14.5. The van der Waals surface area contributed by atoms with Crippen LogP contribution in [0.1, 0.15) is 32.8 Å². The summed E-state index contributed by atoms with van der Waals surface area (Å²) in [5, 5.41) is 20.3. The lowest BCUT2D eigenvalue weighted by Crippen LogP contribution is -2.57. The molecule has 9 nitrogen and oxygen atoms in total. The van der Waals surface area contributed by atoms with Crippen LogP contribution in [0.2, 0.25) is 5.02 Å². The fourth-order valence-corrected chi connectivity index (χ4v) is 5.19. The maximum atomic E-state index is 13.5. The Kier molecular flexibility index (Phi) is 11.1. The van der Waals surface area contributed by atoms with Crippen LogP contribution < -0.4 is 20.9 Å². The number of amides is 4. The molecule has 40 heavy (non-hydrogen) atoms. The molecule has 0 aliphatic rings. The summed E-state index contributed by atoms with van der Waals surface area (Å²) >= 11 is 7.32. The van der Waals surface area contributed by atoms with Crippen LogP contribution in [0.3, 0.4) is 0 Å². The average molecular weight is 585 g/mol. The highest BCUT2D eigenvalue weighted by atomic mass is 35.5. The van der Waals surface area contributed by atoms with Gasteiger partial charge in [0.25, 0.3) is 0 Å². The van der Waals surface area contributed by atoms with Crippen molar-refractivity contribution in [2.75, 3.05) is 10.2 Å². The number of anilines is 2. The van der Waals surface area contributed by atoms with Crippen molar-refractivity contribution in [3.8, 4) is 0 Å². The maximum absolute atomic E-state index is 13.5. The second-order valence-electron chi connectivity index (χ2n) is 9.73. The molecule has 3 aromatic rings. The maximum Gasteiger partial charge on any atom is 0.327 e. The van der Waals surface area contributed by atoms with E-state index in [0.29, 0.717) is 15.7 Å². The van der Waals surface area contributed by atoms with E-state index in [9.17, 15) is 24.3 Å². The van der Waals surface area contributed by atoms with E-state index in [-0.39, 0.29) is 18.8 Å². The molecule has 1 aromatic heterocycles. The number of hydrogen-bond donors (Lipinski definition) is 4. The minimum atomic E-state index is -1.18. The van der Waals surface area contributed by atoms with Gasteiger partial charge in [-0.1, -0.05) is 74.0 Å². The van der Waals surface area contributed by atoms with Crippen molar-refractivity contribution in [3.05, 3.63) is 82.7 Å². The Morgan fingerprint density at radius 3 is 2.05 bits per heavy atom. The van der Waals surface area contributed by atoms with Gasteiger partial charge in [-0.15, -0.1) is 11.3 Å². The van der Waals surface area contributed by atoms with Crippen molar-refractivity contribution in [3.63, 3.8) is 0 Å². The van der Waals surface area contributed by atoms with E-state index in [1.807, 2.05) is 26.0 Å². The number of carbonyl (C=O) groups excluding carboxylic acids is 3. The van der Waals surface area contributed by atoms with Crippen LogP contribution in [0.25, 0.3) is 0 Å². The van der Waals surface area contributed by atoms with Crippen LogP contribution >= 0.6 is 22.9 Å². The summed E-state index contributed by atoms with van der Waals surface area (Å²) in [6, 6.07) is 15.6. The van der Waals surface area contributed by atoms with Gasteiger partial charge in [-0.25, -0.2) is 9.59 Å². The summed E-state index contributed by atoms with van der Waals surface area (Å²) in [5.74, 6) is -2.36. The zero-order valence-corrected chi connectivity index (χ0v) is 24.0. The molecule has 0 bridgehead atoms. The highest BCUT2D eigenvalue weighted by Crippen LogP contribution is 2.30. The normalized spacial score (nSPS) is 13.1. The number of para-hydroxylation sites is 1. The standard InChI is InChI=1S/C29H33ClN4O5S/c1-18(2)14-23(27(36)33-24(28(37)38)15-20-10-6-4-7-11-20)32-26(35)19(3)34(25-16-21(30)17-40-25)29(39)31-22-12-8-5-9-13-22/h4-13,16-19,23-24H,14-15H2,1-3H3,(H,31,39)(H,32,35)(H,33,36)(H,37,38)/t19-,23-,24-/m0/s1. The monoisotopic (exact) mass is 584 g/mol. The van der Waals surface area contributed by atoms with Gasteiger partial charge >= 0.3 is 12.0 Å². The van der Waals surface area contributed by atoms with Gasteiger partial charge in [0.05, 0.1) is 5.02 Å². The molecule has 4 amide bonds. The van der Waals surface area contributed by atoms with Crippen molar-refractivity contribution in [2.45, 2.75) is 51.7 Å². The van der Waals surface area contributed by atoms with Crippen LogP contribution in [-0.2, 0) is 20.8 Å². The predicted octanol–water partition coefficient (Wildman–Crippen LogP) is 5.17. The molecule has 3 rings (SSSR count). The molecule has 4 N–H and O–H groups in total. The largest absolute Gasteiger partial charge is 0.480 e. The third-order valence-corrected chi connectivity index (χ3v) is 7.31. The van der Waals surface area contributed by atoms with Crippen LogP contribution in [0.4, 0.5) is 15.5 Å². The van der Waals surface area contributed by atoms with E-state index in [4.69, 9.17) is 11.6 Å². The summed E-state index contributed by atoms with van der Waals surface area (Å²) in [6.45, 7) is 5.33. The van der Waals surface area contributed by atoms with Gasteiger partial charge in [0, 0.05) is 17.5 Å². The van der Waals surface area contributed by atoms with Gasteiger partial charge in [0.15, 0.2) is 0 Å². The highest BCUT2D eigenvalue weighted by molar-refractivity contribution is 7.14. The molecular weight excluding hydrogens is 552 g/mol. The minimum Gasteiger partial charge on any atom is -0.480 e. The average Bonchev–Trinajstić information content (AvgIpc) is 3.34. The Morgan fingerprint density at radius 2 is 1.50 bits per heavy atom. The fourth-order valence-electron chi connectivity index (χ4n) is 4.04. The lowest BCUT2D eigenvalue weighted by molar-refractivity contribution is -0.142. The van der Waals surface area contributed by atoms with E-state index in [2.05, 4.69) is 16.0 Å². The van der Waals surface area contributed by atoms with Crippen molar-refractivity contribution < 1.29 is 24.3 Å². The van der Waals surface area contributed by atoms with Crippen molar-refractivity contribution in [1.29, 1.82) is 0 Å². The number of thiophene rings is 1. The van der Waals surface area contributed by atoms with Crippen molar-refractivity contribution in [1.82, 2.24) is 10.6 Å². The highest BCUT2D eigenvalue weighted by Gasteiger charge is 2.33. The van der Waals surface area contributed by atoms with Crippen molar-refractivity contribution >= 4 is 57.4 Å². The fraction of sp³-hybridized carbons (Fsp3) is 0.310. The Hall–Kier alpha value is -3.89. The molecule has 0 saturated carbocycles. The first-order chi connectivity index (χ1) is 19.0. The molecular formula is C29H33ClN4O5S. The zero-order chi connectivity index (χ0) is 29.2. The number of carboxylic acids is 1. The number of halogens is 1. The first-order valence-electron chi connectivity index (χ1n) is 12.8. The first kappa shape index (κ1) is 30.6. The summed E-state index contributed by atoms with van der Waals surface area (Å²) in [7, 11) is 0. The molecule has 0 aliphatic heterocycles. The predicted molar refractivity (Wildman–Crippen MR) is 158 cm³/mol. The third kappa shape index (κ3) is 8.82. The number of benzene rings is 2. The second-order valence-corrected chi connectivity index (χ2v) is 11.1. The molecule has 0 spiro atoms. The van der Waals surface area contributed by atoms with Gasteiger partial charge in [0.1, 0.15) is 23.1 Å². The van der Waals surface area contributed by atoms with Gasteiger partial charge < -0.3 is 21.1 Å². The van der Waals surface area contributed by atoms with Gasteiger partial charge in [-0.2, -0.15) is 0 Å². The molecule has 11 heteroatoms. The molecule has 0 saturated heterocycles.